The number of nitrogens with zero attached hydrogens (tertiary/aromatic N) is 2. The lowest BCUT2D eigenvalue weighted by atomic mass is 10.2. The molecule has 7 heteroatoms. The van der Waals surface area contributed by atoms with Gasteiger partial charge in [-0.2, -0.15) is 0 Å². The number of nitrogens with one attached hydrogen (secondary N) is 2. The number of benzene rings is 1. The van der Waals surface area contributed by atoms with Gasteiger partial charge in [0.2, 0.25) is 0 Å². The van der Waals surface area contributed by atoms with E-state index in [-0.39, 0.29) is 24.0 Å². The van der Waals surface area contributed by atoms with Crippen molar-refractivity contribution in [3.63, 3.8) is 0 Å². The van der Waals surface area contributed by atoms with Crippen LogP contribution in [-0.2, 0) is 16.1 Å². The van der Waals surface area contributed by atoms with Crippen molar-refractivity contribution in [1.82, 2.24) is 15.5 Å². The fourth-order valence-electron chi connectivity index (χ4n) is 2.75. The molecule has 1 fully saturated rings. The third-order valence-corrected chi connectivity index (χ3v) is 4.24. The Labute approximate surface area is 181 Å². The second kappa shape index (κ2) is 15.1. The highest BCUT2D eigenvalue weighted by atomic mass is 127. The lowest BCUT2D eigenvalue weighted by Crippen LogP contribution is -2.44. The molecule has 6 nitrogen and oxygen atoms in total. The van der Waals surface area contributed by atoms with Crippen molar-refractivity contribution in [2.45, 2.75) is 20.5 Å². The maximum atomic E-state index is 5.81. The van der Waals surface area contributed by atoms with Crippen LogP contribution in [0.2, 0.25) is 0 Å². The zero-order chi connectivity index (χ0) is 18.5. The van der Waals surface area contributed by atoms with Crippen molar-refractivity contribution in [3.8, 4) is 0 Å². The molecule has 1 aromatic carbocycles. The molecule has 154 valence electrons. The molecule has 1 heterocycles. The van der Waals surface area contributed by atoms with Crippen LogP contribution in [0.3, 0.4) is 0 Å². The van der Waals surface area contributed by atoms with Crippen molar-refractivity contribution in [2.75, 3.05) is 59.1 Å². The normalized spacial score (nSPS) is 16.4. The summed E-state index contributed by atoms with van der Waals surface area (Å²) < 4.78 is 11.2. The van der Waals surface area contributed by atoms with E-state index in [1.165, 1.54) is 5.56 Å². The molecule has 1 saturated heterocycles. The van der Waals surface area contributed by atoms with Crippen molar-refractivity contribution < 1.29 is 9.47 Å². The summed E-state index contributed by atoms with van der Waals surface area (Å²) in [5.41, 5.74) is 1.21. The molecule has 0 saturated carbocycles. The van der Waals surface area contributed by atoms with E-state index < -0.39 is 0 Å². The Morgan fingerprint density at radius 3 is 2.67 bits per heavy atom. The fraction of sp³-hybridized carbons (Fsp3) is 0.650. The first-order valence-corrected chi connectivity index (χ1v) is 9.72. The van der Waals surface area contributed by atoms with Gasteiger partial charge in [-0.1, -0.05) is 37.3 Å². The predicted molar refractivity (Wildman–Crippen MR) is 122 cm³/mol. The third-order valence-electron chi connectivity index (χ3n) is 4.24. The molecule has 0 spiro atoms. The number of ether oxygens (including phenoxy) is 2. The van der Waals surface area contributed by atoms with E-state index in [1.54, 1.807) is 0 Å². The molecular weight excluding hydrogens is 455 g/mol. The Morgan fingerprint density at radius 1 is 1.22 bits per heavy atom. The fourth-order valence-corrected chi connectivity index (χ4v) is 2.75. The first-order valence-electron chi connectivity index (χ1n) is 9.72. The zero-order valence-electron chi connectivity index (χ0n) is 16.7. The molecule has 0 bridgehead atoms. The quantitative estimate of drug-likeness (QED) is 0.300. The van der Waals surface area contributed by atoms with Gasteiger partial charge < -0.3 is 20.1 Å². The summed E-state index contributed by atoms with van der Waals surface area (Å²) in [6.45, 7) is 12.9. The van der Waals surface area contributed by atoms with Crippen LogP contribution in [0.25, 0.3) is 0 Å². The molecule has 2 rings (SSSR count). The summed E-state index contributed by atoms with van der Waals surface area (Å²) in [6.07, 6.45) is 0. The van der Waals surface area contributed by atoms with Crippen LogP contribution < -0.4 is 10.6 Å². The van der Waals surface area contributed by atoms with Crippen LogP contribution in [0.4, 0.5) is 0 Å². The van der Waals surface area contributed by atoms with Crippen LogP contribution in [0.15, 0.2) is 35.3 Å². The minimum absolute atomic E-state index is 0. The molecule has 1 atom stereocenters. The standard InChI is InChI=1S/C20H34N4O2.HI/c1-3-21-20(22-9-10-24-11-13-25-14-12-24)23-15-18(2)16-26-17-19-7-5-4-6-8-19;/h4-8,18H,3,9-17H2,1-2H3,(H2,21,22,23);1H. The highest BCUT2D eigenvalue weighted by molar-refractivity contribution is 14.0. The minimum Gasteiger partial charge on any atom is -0.379 e. The largest absolute Gasteiger partial charge is 0.379 e. The maximum Gasteiger partial charge on any atom is 0.191 e. The molecule has 0 amide bonds. The molecule has 1 aromatic rings. The van der Waals surface area contributed by atoms with E-state index in [1.807, 2.05) is 18.2 Å². The molecule has 1 unspecified atom stereocenters. The number of aliphatic imine (C=N–C) groups is 1. The summed E-state index contributed by atoms with van der Waals surface area (Å²) >= 11 is 0. The van der Waals surface area contributed by atoms with Crippen molar-refractivity contribution in [1.29, 1.82) is 0 Å². The summed E-state index contributed by atoms with van der Waals surface area (Å²) in [5.74, 6) is 1.27. The topological polar surface area (TPSA) is 58.1 Å². The predicted octanol–water partition coefficient (Wildman–Crippen LogP) is 2.34. The van der Waals surface area contributed by atoms with Gasteiger partial charge in [0.05, 0.1) is 26.4 Å². The summed E-state index contributed by atoms with van der Waals surface area (Å²) in [4.78, 5) is 7.11. The Bertz CT molecular complexity index is 510. The number of rotatable bonds is 10. The lowest BCUT2D eigenvalue weighted by molar-refractivity contribution is 0.0389. The Balaban J connectivity index is 0.00000364. The van der Waals surface area contributed by atoms with E-state index >= 15 is 0 Å². The number of halogens is 1. The summed E-state index contributed by atoms with van der Waals surface area (Å²) in [6, 6.07) is 10.3. The van der Waals surface area contributed by atoms with Gasteiger partial charge in [-0.25, -0.2) is 0 Å². The average molecular weight is 490 g/mol. The highest BCUT2D eigenvalue weighted by Crippen LogP contribution is 2.03. The van der Waals surface area contributed by atoms with Gasteiger partial charge in [0.25, 0.3) is 0 Å². The zero-order valence-corrected chi connectivity index (χ0v) is 19.0. The van der Waals surface area contributed by atoms with E-state index in [4.69, 9.17) is 14.5 Å². The number of hydrogen-bond donors (Lipinski definition) is 2. The van der Waals surface area contributed by atoms with Gasteiger partial charge in [-0.05, 0) is 18.4 Å². The van der Waals surface area contributed by atoms with Gasteiger partial charge in [0, 0.05) is 39.3 Å². The molecule has 0 aromatic heterocycles. The number of morpholine rings is 1. The second-order valence-electron chi connectivity index (χ2n) is 6.71. The SMILES string of the molecule is CCNC(=NCC(C)COCc1ccccc1)NCCN1CCOCC1.I. The maximum absolute atomic E-state index is 5.81. The first-order chi connectivity index (χ1) is 12.8. The van der Waals surface area contributed by atoms with Crippen LogP contribution in [0.1, 0.15) is 19.4 Å². The van der Waals surface area contributed by atoms with Gasteiger partial charge >= 0.3 is 0 Å². The van der Waals surface area contributed by atoms with E-state index in [9.17, 15) is 0 Å². The van der Waals surface area contributed by atoms with E-state index in [0.29, 0.717) is 19.1 Å². The molecule has 0 aliphatic carbocycles. The number of guanidine groups is 1. The Morgan fingerprint density at radius 2 is 1.96 bits per heavy atom. The van der Waals surface area contributed by atoms with Crippen LogP contribution >= 0.6 is 24.0 Å². The molecule has 1 aliphatic heterocycles. The Kier molecular flexibility index (Phi) is 13.5. The van der Waals surface area contributed by atoms with Gasteiger partial charge in [-0.3, -0.25) is 9.89 Å². The van der Waals surface area contributed by atoms with E-state index in [0.717, 1.165) is 58.4 Å². The lowest BCUT2D eigenvalue weighted by Gasteiger charge is -2.26. The van der Waals surface area contributed by atoms with Crippen LogP contribution in [0, 0.1) is 5.92 Å². The molecule has 0 radical (unpaired) electrons. The molecule has 1 aliphatic rings. The van der Waals surface area contributed by atoms with E-state index in [2.05, 4.69) is 41.5 Å². The molecule has 2 N–H and O–H groups in total. The highest BCUT2D eigenvalue weighted by Gasteiger charge is 2.10. The molecule has 27 heavy (non-hydrogen) atoms. The van der Waals surface area contributed by atoms with Gasteiger partial charge in [0.1, 0.15) is 0 Å². The summed E-state index contributed by atoms with van der Waals surface area (Å²) in [5, 5.41) is 6.73. The van der Waals surface area contributed by atoms with Crippen molar-refractivity contribution >= 4 is 29.9 Å². The Hall–Kier alpha value is -0.900. The van der Waals surface area contributed by atoms with Crippen molar-refractivity contribution in [2.24, 2.45) is 10.9 Å². The minimum atomic E-state index is 0. The average Bonchev–Trinajstić information content (AvgIpc) is 2.68. The second-order valence-corrected chi connectivity index (χ2v) is 6.71. The van der Waals surface area contributed by atoms with Gasteiger partial charge in [0.15, 0.2) is 5.96 Å². The van der Waals surface area contributed by atoms with Crippen LogP contribution in [-0.4, -0.2) is 69.9 Å². The monoisotopic (exact) mass is 490 g/mol. The van der Waals surface area contributed by atoms with Crippen LogP contribution in [0.5, 0.6) is 0 Å². The number of hydrogen-bond acceptors (Lipinski definition) is 4. The summed E-state index contributed by atoms with van der Waals surface area (Å²) in [7, 11) is 0. The first kappa shape index (κ1) is 24.1. The van der Waals surface area contributed by atoms with Crippen molar-refractivity contribution in [3.05, 3.63) is 35.9 Å². The molecular formula is C20H35IN4O2. The smallest absolute Gasteiger partial charge is 0.191 e. The van der Waals surface area contributed by atoms with Gasteiger partial charge in [-0.15, -0.1) is 24.0 Å². The third kappa shape index (κ3) is 10.9.